The molecule has 0 radical (unpaired) electrons. The van der Waals surface area contributed by atoms with Crippen LogP contribution in [-0.4, -0.2) is 25.3 Å². The average molecular weight is 347 g/mol. The molecule has 130 valence electrons. The van der Waals surface area contributed by atoms with E-state index < -0.39 is 0 Å². The Morgan fingerprint density at radius 1 is 1.15 bits per heavy atom. The molecule has 7 heteroatoms. The van der Waals surface area contributed by atoms with E-state index in [9.17, 15) is 4.79 Å². The van der Waals surface area contributed by atoms with Crippen LogP contribution >= 0.6 is 0 Å². The quantitative estimate of drug-likeness (QED) is 0.612. The fourth-order valence-electron chi connectivity index (χ4n) is 2.92. The standard InChI is InChI=1S/C19H17N5O2/c1-11-4-5-14(9-15(11)19-20-6-7-26-19)23-18(25)16-17-22-12(2)8-13(3)24(17)10-21-16/h4-10H,1-3H3,(H,23,25). The third kappa shape index (κ3) is 2.73. The normalized spacial score (nSPS) is 11.0. The molecule has 0 bridgehead atoms. The summed E-state index contributed by atoms with van der Waals surface area (Å²) in [7, 11) is 0. The van der Waals surface area contributed by atoms with Crippen LogP contribution in [0.4, 0.5) is 5.69 Å². The van der Waals surface area contributed by atoms with Gasteiger partial charge in [-0.25, -0.2) is 15.0 Å². The van der Waals surface area contributed by atoms with E-state index in [4.69, 9.17) is 4.42 Å². The predicted octanol–water partition coefficient (Wildman–Crippen LogP) is 3.56. The van der Waals surface area contributed by atoms with E-state index >= 15 is 0 Å². The minimum Gasteiger partial charge on any atom is -0.445 e. The number of benzene rings is 1. The number of oxazole rings is 1. The first-order chi connectivity index (χ1) is 12.5. The monoisotopic (exact) mass is 347 g/mol. The van der Waals surface area contributed by atoms with Crippen LogP contribution in [0.2, 0.25) is 0 Å². The van der Waals surface area contributed by atoms with Crippen molar-refractivity contribution in [1.82, 2.24) is 19.4 Å². The van der Waals surface area contributed by atoms with Crippen LogP contribution in [0.5, 0.6) is 0 Å². The predicted molar refractivity (Wildman–Crippen MR) is 97.1 cm³/mol. The molecule has 0 spiro atoms. The van der Waals surface area contributed by atoms with Gasteiger partial charge < -0.3 is 9.73 Å². The summed E-state index contributed by atoms with van der Waals surface area (Å²) in [4.78, 5) is 25.6. The molecule has 0 saturated carbocycles. The maximum Gasteiger partial charge on any atom is 0.278 e. The number of fused-ring (bicyclic) bond motifs is 1. The van der Waals surface area contributed by atoms with Crippen LogP contribution < -0.4 is 5.32 Å². The summed E-state index contributed by atoms with van der Waals surface area (Å²) >= 11 is 0. The van der Waals surface area contributed by atoms with Crippen LogP contribution in [0.3, 0.4) is 0 Å². The smallest absolute Gasteiger partial charge is 0.278 e. The SMILES string of the molecule is Cc1cc(C)n2cnc(C(=O)Nc3ccc(C)c(-c4ncco4)c3)c2n1. The van der Waals surface area contributed by atoms with Gasteiger partial charge in [0.1, 0.15) is 12.6 Å². The van der Waals surface area contributed by atoms with Crippen LogP contribution in [0, 0.1) is 20.8 Å². The summed E-state index contributed by atoms with van der Waals surface area (Å²) in [6.45, 7) is 5.81. The Bertz CT molecular complexity index is 1110. The van der Waals surface area contributed by atoms with E-state index in [1.165, 1.54) is 6.26 Å². The lowest BCUT2D eigenvalue weighted by Gasteiger charge is -2.08. The first-order valence-corrected chi connectivity index (χ1v) is 8.16. The number of carbonyl (C=O) groups excluding carboxylic acids is 1. The number of amides is 1. The molecule has 0 aliphatic rings. The van der Waals surface area contributed by atoms with Gasteiger partial charge in [0.25, 0.3) is 5.91 Å². The molecular weight excluding hydrogens is 330 g/mol. The molecule has 0 atom stereocenters. The molecule has 1 amide bonds. The molecule has 4 rings (SSSR count). The fraction of sp³-hybridized carbons (Fsp3) is 0.158. The first kappa shape index (κ1) is 16.0. The Hall–Kier alpha value is -3.48. The number of carbonyl (C=O) groups is 1. The van der Waals surface area contributed by atoms with E-state index in [0.717, 1.165) is 22.5 Å². The Labute approximate surface area is 149 Å². The van der Waals surface area contributed by atoms with Crippen LogP contribution in [-0.2, 0) is 0 Å². The number of aryl methyl sites for hydroxylation is 3. The Morgan fingerprint density at radius 3 is 2.77 bits per heavy atom. The Balaban J connectivity index is 1.68. The van der Waals surface area contributed by atoms with Crippen LogP contribution in [0.1, 0.15) is 27.4 Å². The zero-order valence-corrected chi connectivity index (χ0v) is 14.6. The number of aromatic nitrogens is 4. The van der Waals surface area contributed by atoms with Crippen molar-refractivity contribution in [2.24, 2.45) is 0 Å². The van der Waals surface area contributed by atoms with Crippen LogP contribution in [0.25, 0.3) is 17.1 Å². The fourth-order valence-corrected chi connectivity index (χ4v) is 2.92. The largest absolute Gasteiger partial charge is 0.445 e. The van der Waals surface area contributed by atoms with Crippen molar-refractivity contribution in [3.05, 3.63) is 65.7 Å². The minimum atomic E-state index is -0.313. The van der Waals surface area contributed by atoms with E-state index in [2.05, 4.69) is 20.3 Å². The molecule has 0 aliphatic heterocycles. The lowest BCUT2D eigenvalue weighted by atomic mass is 10.1. The lowest BCUT2D eigenvalue weighted by molar-refractivity contribution is 0.102. The highest BCUT2D eigenvalue weighted by atomic mass is 16.3. The number of imidazole rings is 1. The number of rotatable bonds is 3. The summed E-state index contributed by atoms with van der Waals surface area (Å²) in [5, 5.41) is 2.88. The van der Waals surface area contributed by atoms with Gasteiger partial charge in [-0.1, -0.05) is 6.07 Å². The van der Waals surface area contributed by atoms with E-state index in [1.54, 1.807) is 16.9 Å². The van der Waals surface area contributed by atoms with Gasteiger partial charge in [-0.15, -0.1) is 0 Å². The molecule has 4 aromatic rings. The minimum absolute atomic E-state index is 0.287. The van der Waals surface area contributed by atoms with Gasteiger partial charge in [-0.3, -0.25) is 9.20 Å². The van der Waals surface area contributed by atoms with Gasteiger partial charge in [0, 0.05) is 22.6 Å². The molecule has 0 aliphatic carbocycles. The van der Waals surface area contributed by atoms with Gasteiger partial charge in [0.2, 0.25) is 5.89 Å². The second kappa shape index (κ2) is 6.11. The van der Waals surface area contributed by atoms with Crippen molar-refractivity contribution in [2.45, 2.75) is 20.8 Å². The van der Waals surface area contributed by atoms with Crippen LogP contribution in [0.15, 0.2) is 47.5 Å². The molecule has 0 saturated heterocycles. The number of anilines is 1. The second-order valence-corrected chi connectivity index (χ2v) is 6.15. The zero-order chi connectivity index (χ0) is 18.3. The van der Waals surface area contributed by atoms with Gasteiger partial charge in [-0.05, 0) is 44.5 Å². The molecule has 3 heterocycles. The van der Waals surface area contributed by atoms with Crippen molar-refractivity contribution in [3.63, 3.8) is 0 Å². The Morgan fingerprint density at radius 2 is 2.00 bits per heavy atom. The molecule has 1 aromatic carbocycles. The summed E-state index contributed by atoms with van der Waals surface area (Å²) in [6, 6.07) is 7.52. The molecule has 7 nitrogen and oxygen atoms in total. The van der Waals surface area contributed by atoms with Gasteiger partial charge in [0.05, 0.1) is 6.20 Å². The van der Waals surface area contributed by atoms with Crippen molar-refractivity contribution in [1.29, 1.82) is 0 Å². The third-order valence-corrected chi connectivity index (χ3v) is 4.20. The van der Waals surface area contributed by atoms with Gasteiger partial charge in [0.15, 0.2) is 11.3 Å². The summed E-state index contributed by atoms with van der Waals surface area (Å²) in [5.74, 6) is 0.200. The molecule has 3 aromatic heterocycles. The maximum absolute atomic E-state index is 12.7. The topological polar surface area (TPSA) is 85.3 Å². The summed E-state index contributed by atoms with van der Waals surface area (Å²) in [6.07, 6.45) is 4.72. The maximum atomic E-state index is 12.7. The zero-order valence-electron chi connectivity index (χ0n) is 14.6. The van der Waals surface area contributed by atoms with Crippen molar-refractivity contribution in [3.8, 4) is 11.5 Å². The number of hydrogen-bond donors (Lipinski definition) is 1. The second-order valence-electron chi connectivity index (χ2n) is 6.15. The highest BCUT2D eigenvalue weighted by molar-refractivity contribution is 6.07. The molecule has 1 N–H and O–H groups in total. The molecule has 0 unspecified atom stereocenters. The highest BCUT2D eigenvalue weighted by Gasteiger charge is 2.17. The highest BCUT2D eigenvalue weighted by Crippen LogP contribution is 2.25. The average Bonchev–Trinajstić information content (AvgIpc) is 3.26. The lowest BCUT2D eigenvalue weighted by Crippen LogP contribution is -2.13. The third-order valence-electron chi connectivity index (χ3n) is 4.20. The van der Waals surface area contributed by atoms with Crippen molar-refractivity contribution < 1.29 is 9.21 Å². The summed E-state index contributed by atoms with van der Waals surface area (Å²) < 4.78 is 7.17. The summed E-state index contributed by atoms with van der Waals surface area (Å²) in [5.41, 5.74) is 5.11. The van der Waals surface area contributed by atoms with E-state index in [1.807, 2.05) is 45.0 Å². The molecule has 0 fully saturated rings. The molecular formula is C19H17N5O2. The van der Waals surface area contributed by atoms with Crippen molar-refractivity contribution >= 4 is 17.2 Å². The van der Waals surface area contributed by atoms with Crippen molar-refractivity contribution in [2.75, 3.05) is 5.32 Å². The number of nitrogens with zero attached hydrogens (tertiary/aromatic N) is 4. The number of hydrogen-bond acceptors (Lipinski definition) is 5. The molecule has 26 heavy (non-hydrogen) atoms. The van der Waals surface area contributed by atoms with Gasteiger partial charge >= 0.3 is 0 Å². The first-order valence-electron chi connectivity index (χ1n) is 8.16. The van der Waals surface area contributed by atoms with E-state index in [0.29, 0.717) is 17.2 Å². The van der Waals surface area contributed by atoms with E-state index in [-0.39, 0.29) is 11.6 Å². The van der Waals surface area contributed by atoms with Gasteiger partial charge in [-0.2, -0.15) is 0 Å². The number of nitrogens with one attached hydrogen (secondary N) is 1. The Kier molecular flexibility index (Phi) is 3.76.